The molecule has 1 heterocycles. The molecule has 0 radical (unpaired) electrons. The zero-order chi connectivity index (χ0) is 20.4. The third-order valence-corrected chi connectivity index (χ3v) is 4.67. The number of aryl methyl sites for hydroxylation is 2. The molecule has 1 amide bonds. The van der Waals surface area contributed by atoms with Gasteiger partial charge in [-0.3, -0.25) is 4.79 Å². The number of ether oxygens (including phenoxy) is 2. The Balaban J connectivity index is 1.99. The number of rotatable bonds is 6. The lowest BCUT2D eigenvalue weighted by Gasteiger charge is -2.13. The van der Waals surface area contributed by atoms with E-state index in [-0.39, 0.29) is 18.0 Å². The van der Waals surface area contributed by atoms with E-state index in [0.29, 0.717) is 22.7 Å². The van der Waals surface area contributed by atoms with Crippen LogP contribution in [0.4, 0.5) is 5.69 Å². The molecule has 3 aromatic rings. The molecule has 0 aliphatic heterocycles. The van der Waals surface area contributed by atoms with E-state index < -0.39 is 5.97 Å². The lowest BCUT2D eigenvalue weighted by atomic mass is 10.0. The molecule has 0 saturated heterocycles. The minimum absolute atomic E-state index is 0.00615. The molecule has 0 unspecified atom stereocenters. The van der Waals surface area contributed by atoms with Crippen LogP contribution in [0, 0.1) is 6.92 Å². The molecule has 0 fully saturated rings. The van der Waals surface area contributed by atoms with E-state index in [9.17, 15) is 14.7 Å². The van der Waals surface area contributed by atoms with Crippen molar-refractivity contribution in [2.24, 2.45) is 7.05 Å². The van der Waals surface area contributed by atoms with Crippen molar-refractivity contribution in [1.29, 1.82) is 0 Å². The number of aromatic carboxylic acids is 1. The summed E-state index contributed by atoms with van der Waals surface area (Å²) in [5.41, 5.74) is 2.55. The van der Waals surface area contributed by atoms with Gasteiger partial charge in [-0.15, -0.1) is 0 Å². The highest BCUT2D eigenvalue weighted by molar-refractivity contribution is 6.02. The van der Waals surface area contributed by atoms with E-state index in [0.717, 1.165) is 16.5 Å². The Hall–Kier alpha value is -3.48. The maximum absolute atomic E-state index is 12.7. The predicted molar refractivity (Wildman–Crippen MR) is 104 cm³/mol. The lowest BCUT2D eigenvalue weighted by molar-refractivity contribution is -0.255. The molecule has 0 aliphatic rings. The Morgan fingerprint density at radius 3 is 2.50 bits per heavy atom. The second kappa shape index (κ2) is 7.64. The van der Waals surface area contributed by atoms with Gasteiger partial charge in [0.15, 0.2) is 0 Å². The van der Waals surface area contributed by atoms with Gasteiger partial charge >= 0.3 is 0 Å². The molecule has 3 rings (SSSR count). The highest BCUT2D eigenvalue weighted by Gasteiger charge is 2.19. The van der Waals surface area contributed by atoms with Crippen LogP contribution >= 0.6 is 0 Å². The number of carbonyl (C=O) groups is 2. The third kappa shape index (κ3) is 3.51. The van der Waals surface area contributed by atoms with Crippen LogP contribution in [0.3, 0.4) is 0 Å². The first kappa shape index (κ1) is 19.3. The highest BCUT2D eigenvalue weighted by Crippen LogP contribution is 2.30. The quantitative estimate of drug-likeness (QED) is 0.705. The van der Waals surface area contributed by atoms with Crippen molar-refractivity contribution < 1.29 is 24.2 Å². The number of nitrogens with zero attached hydrogens (tertiary/aromatic N) is 1. The number of fused-ring (bicyclic) bond motifs is 1. The molecule has 0 spiro atoms. The van der Waals surface area contributed by atoms with Gasteiger partial charge in [0.1, 0.15) is 11.5 Å². The zero-order valence-electron chi connectivity index (χ0n) is 16.2. The smallest absolute Gasteiger partial charge is 0.229 e. The fourth-order valence-electron chi connectivity index (χ4n) is 3.34. The van der Waals surface area contributed by atoms with Crippen LogP contribution in [-0.4, -0.2) is 30.7 Å². The molecule has 2 aromatic carbocycles. The minimum atomic E-state index is -1.32. The summed E-state index contributed by atoms with van der Waals surface area (Å²) in [6.45, 7) is 1.91. The molecule has 1 aromatic heterocycles. The van der Waals surface area contributed by atoms with E-state index in [4.69, 9.17) is 9.47 Å². The molecule has 1 N–H and O–H groups in total. The molecule has 146 valence electrons. The largest absolute Gasteiger partial charge is 0.543 e. The van der Waals surface area contributed by atoms with Crippen LogP contribution in [0.15, 0.2) is 36.4 Å². The maximum Gasteiger partial charge on any atom is 0.229 e. The number of carboxylic acid groups (broad SMARTS) is 1. The van der Waals surface area contributed by atoms with Gasteiger partial charge in [-0.25, -0.2) is 0 Å². The summed E-state index contributed by atoms with van der Waals surface area (Å²) >= 11 is 0. The van der Waals surface area contributed by atoms with Gasteiger partial charge in [0.05, 0.1) is 38.0 Å². The van der Waals surface area contributed by atoms with Crippen LogP contribution in [0.1, 0.15) is 21.6 Å². The van der Waals surface area contributed by atoms with Crippen molar-refractivity contribution in [2.75, 3.05) is 19.5 Å². The predicted octanol–water partition coefficient (Wildman–Crippen LogP) is 2.05. The van der Waals surface area contributed by atoms with Crippen molar-refractivity contribution in [3.8, 4) is 11.5 Å². The first-order valence-corrected chi connectivity index (χ1v) is 8.66. The van der Waals surface area contributed by atoms with Crippen LogP contribution in [0.2, 0.25) is 0 Å². The molecule has 0 saturated carbocycles. The number of anilines is 1. The molecular formula is C21H21N2O5-. The molecule has 7 heteroatoms. The lowest BCUT2D eigenvalue weighted by Crippen LogP contribution is -2.27. The number of hydrogen-bond acceptors (Lipinski definition) is 5. The fraction of sp³-hybridized carbons (Fsp3) is 0.238. The zero-order valence-corrected chi connectivity index (χ0v) is 16.2. The number of aromatic nitrogens is 1. The summed E-state index contributed by atoms with van der Waals surface area (Å²) in [5, 5.41) is 15.2. The summed E-state index contributed by atoms with van der Waals surface area (Å²) in [7, 11) is 4.67. The first-order chi connectivity index (χ1) is 13.3. The van der Waals surface area contributed by atoms with E-state index in [1.165, 1.54) is 14.2 Å². The highest BCUT2D eigenvalue weighted by atomic mass is 16.5. The molecule has 28 heavy (non-hydrogen) atoms. The fourth-order valence-corrected chi connectivity index (χ4v) is 3.34. The Morgan fingerprint density at radius 1 is 1.11 bits per heavy atom. The number of nitrogens with one attached hydrogen (secondary N) is 1. The van der Waals surface area contributed by atoms with Crippen LogP contribution in [0.5, 0.6) is 11.5 Å². The Kier molecular flexibility index (Phi) is 5.26. The van der Waals surface area contributed by atoms with E-state index in [1.54, 1.807) is 29.8 Å². The van der Waals surface area contributed by atoms with Gasteiger partial charge in [0.25, 0.3) is 0 Å². The Labute approximate surface area is 162 Å². The monoisotopic (exact) mass is 381 g/mol. The van der Waals surface area contributed by atoms with Crippen molar-refractivity contribution >= 4 is 28.5 Å². The van der Waals surface area contributed by atoms with Crippen molar-refractivity contribution in [1.82, 2.24) is 4.57 Å². The van der Waals surface area contributed by atoms with Gasteiger partial charge in [-0.2, -0.15) is 0 Å². The van der Waals surface area contributed by atoms with Gasteiger partial charge in [0, 0.05) is 24.0 Å². The summed E-state index contributed by atoms with van der Waals surface area (Å²) in [4.78, 5) is 24.5. The topological polar surface area (TPSA) is 92.6 Å². The standard InChI is InChI=1S/C21H22N2O5/c1-12-5-7-17-14(9-12)15(20(21(25)26)23(17)2)11-19(24)22-16-10-13(27-3)6-8-18(16)28-4/h5-10H,11H2,1-4H3,(H,22,24)(H,25,26)/p-1. The van der Waals surface area contributed by atoms with Crippen molar-refractivity contribution in [3.63, 3.8) is 0 Å². The van der Waals surface area contributed by atoms with Crippen LogP contribution in [-0.2, 0) is 18.3 Å². The van der Waals surface area contributed by atoms with Crippen molar-refractivity contribution in [3.05, 3.63) is 53.2 Å². The average molecular weight is 381 g/mol. The molecular weight excluding hydrogens is 360 g/mol. The van der Waals surface area contributed by atoms with E-state index in [1.807, 2.05) is 25.1 Å². The van der Waals surface area contributed by atoms with Crippen LogP contribution in [0.25, 0.3) is 10.9 Å². The second-order valence-corrected chi connectivity index (χ2v) is 6.49. The van der Waals surface area contributed by atoms with Crippen LogP contribution < -0.4 is 19.9 Å². The van der Waals surface area contributed by atoms with Crippen molar-refractivity contribution in [2.45, 2.75) is 13.3 Å². The summed E-state index contributed by atoms with van der Waals surface area (Å²) < 4.78 is 12.0. The number of methoxy groups -OCH3 is 2. The first-order valence-electron chi connectivity index (χ1n) is 8.66. The SMILES string of the molecule is COc1ccc(OC)c(NC(=O)Cc2c(C(=O)[O-])n(C)c3ccc(C)cc23)c1. The van der Waals surface area contributed by atoms with Gasteiger partial charge < -0.3 is 29.3 Å². The summed E-state index contributed by atoms with van der Waals surface area (Å²) in [5.74, 6) is -0.656. The summed E-state index contributed by atoms with van der Waals surface area (Å²) in [6, 6.07) is 10.6. The third-order valence-electron chi connectivity index (χ3n) is 4.67. The molecule has 0 bridgehead atoms. The molecule has 0 aliphatic carbocycles. The maximum atomic E-state index is 12.7. The van der Waals surface area contributed by atoms with Gasteiger partial charge in [-0.05, 0) is 36.8 Å². The minimum Gasteiger partial charge on any atom is -0.543 e. The number of hydrogen-bond donors (Lipinski definition) is 1. The Bertz CT molecular complexity index is 1070. The van der Waals surface area contributed by atoms with Gasteiger partial charge in [0.2, 0.25) is 5.91 Å². The second-order valence-electron chi connectivity index (χ2n) is 6.49. The van der Waals surface area contributed by atoms with Gasteiger partial charge in [-0.1, -0.05) is 11.6 Å². The Morgan fingerprint density at radius 2 is 1.86 bits per heavy atom. The number of benzene rings is 2. The molecule has 0 atom stereocenters. The number of amides is 1. The van der Waals surface area contributed by atoms with E-state index in [2.05, 4.69) is 5.32 Å². The normalized spacial score (nSPS) is 10.7. The average Bonchev–Trinajstić information content (AvgIpc) is 2.92. The number of carbonyl (C=O) groups excluding carboxylic acids is 2. The molecule has 7 nitrogen and oxygen atoms in total. The van der Waals surface area contributed by atoms with E-state index >= 15 is 0 Å². The summed E-state index contributed by atoms with van der Waals surface area (Å²) in [6.07, 6.45) is -0.121. The number of carboxylic acids is 1.